The molecule has 4 heteroatoms. The first-order valence-corrected chi connectivity index (χ1v) is 6.58. The number of halogens is 3. The lowest BCUT2D eigenvalue weighted by molar-refractivity contribution is -0.137. The van der Waals surface area contributed by atoms with E-state index in [2.05, 4.69) is 0 Å². The number of rotatable bonds is 2. The van der Waals surface area contributed by atoms with Crippen molar-refractivity contribution >= 4 is 10.8 Å². The van der Waals surface area contributed by atoms with Crippen molar-refractivity contribution in [2.45, 2.75) is 19.5 Å². The van der Waals surface area contributed by atoms with E-state index in [-0.39, 0.29) is 0 Å². The van der Waals surface area contributed by atoms with Crippen molar-refractivity contribution in [1.82, 2.24) is 0 Å². The third-order valence-corrected chi connectivity index (χ3v) is 3.53. The van der Waals surface area contributed by atoms with Gasteiger partial charge < -0.3 is 4.42 Å². The van der Waals surface area contributed by atoms with Gasteiger partial charge in [0.25, 0.3) is 0 Å². The molecular formula is C17H13F3O. The SMILES string of the molecule is Cc1oc(Cc2ccc(C(F)(F)F)cc2)c2ccccc12. The van der Waals surface area contributed by atoms with Crippen LogP contribution in [-0.2, 0) is 12.6 Å². The zero-order chi connectivity index (χ0) is 15.0. The van der Waals surface area contributed by atoms with Gasteiger partial charge in [-0.05, 0) is 24.6 Å². The molecule has 0 saturated carbocycles. The molecule has 1 aromatic heterocycles. The lowest BCUT2D eigenvalue weighted by Gasteiger charge is -2.07. The number of benzene rings is 2. The summed E-state index contributed by atoms with van der Waals surface area (Å²) in [6, 6.07) is 13.0. The standard InChI is InChI=1S/C17H13F3O/c1-11-14-4-2-3-5-15(14)16(21-11)10-12-6-8-13(9-7-12)17(18,19)20/h2-9H,10H2,1H3. The Bertz CT molecular complexity index is 767. The highest BCUT2D eigenvalue weighted by atomic mass is 19.4. The molecule has 0 aliphatic heterocycles. The number of furan rings is 1. The molecule has 108 valence electrons. The zero-order valence-electron chi connectivity index (χ0n) is 11.4. The largest absolute Gasteiger partial charge is 0.465 e. The number of alkyl halides is 3. The molecule has 2 aromatic carbocycles. The molecule has 0 bridgehead atoms. The van der Waals surface area contributed by atoms with Crippen molar-refractivity contribution in [1.29, 1.82) is 0 Å². The fourth-order valence-electron chi connectivity index (χ4n) is 2.46. The average Bonchev–Trinajstić information content (AvgIpc) is 2.76. The molecule has 0 radical (unpaired) electrons. The van der Waals surface area contributed by atoms with Gasteiger partial charge in [-0.25, -0.2) is 0 Å². The maximum Gasteiger partial charge on any atom is 0.416 e. The summed E-state index contributed by atoms with van der Waals surface area (Å²) < 4.78 is 43.4. The summed E-state index contributed by atoms with van der Waals surface area (Å²) in [7, 11) is 0. The van der Waals surface area contributed by atoms with E-state index < -0.39 is 11.7 Å². The van der Waals surface area contributed by atoms with Crippen LogP contribution in [0.3, 0.4) is 0 Å². The molecule has 0 unspecified atom stereocenters. The summed E-state index contributed by atoms with van der Waals surface area (Å²) in [5.41, 5.74) is 0.161. The first-order chi connectivity index (χ1) is 9.95. The molecule has 1 nitrogen and oxygen atoms in total. The number of aryl methyl sites for hydroxylation is 1. The summed E-state index contributed by atoms with van der Waals surface area (Å²) in [5.74, 6) is 1.61. The first kappa shape index (κ1) is 13.7. The third kappa shape index (κ3) is 2.66. The lowest BCUT2D eigenvalue weighted by atomic mass is 10.0. The molecule has 0 atom stereocenters. The normalized spacial score (nSPS) is 12.0. The van der Waals surface area contributed by atoms with Crippen LogP contribution in [0, 0.1) is 6.92 Å². The van der Waals surface area contributed by atoms with Crippen LogP contribution in [0.15, 0.2) is 52.9 Å². The molecule has 0 saturated heterocycles. The number of hydrogen-bond donors (Lipinski definition) is 0. The third-order valence-electron chi connectivity index (χ3n) is 3.53. The fraction of sp³-hybridized carbons (Fsp3) is 0.176. The molecule has 0 aliphatic rings. The molecular weight excluding hydrogens is 277 g/mol. The van der Waals surface area contributed by atoms with E-state index >= 15 is 0 Å². The van der Waals surface area contributed by atoms with E-state index in [1.54, 1.807) is 0 Å². The van der Waals surface area contributed by atoms with Crippen molar-refractivity contribution in [2.75, 3.05) is 0 Å². The van der Waals surface area contributed by atoms with Crippen LogP contribution in [0.2, 0.25) is 0 Å². The Kier molecular flexibility index (Phi) is 3.24. The Balaban J connectivity index is 1.92. The van der Waals surface area contributed by atoms with Gasteiger partial charge in [-0.15, -0.1) is 0 Å². The van der Waals surface area contributed by atoms with Crippen molar-refractivity contribution in [2.24, 2.45) is 0 Å². The highest BCUT2D eigenvalue weighted by Gasteiger charge is 2.29. The molecule has 0 amide bonds. The number of hydrogen-bond acceptors (Lipinski definition) is 1. The summed E-state index contributed by atoms with van der Waals surface area (Å²) in [6.45, 7) is 1.89. The molecule has 1 heterocycles. The lowest BCUT2D eigenvalue weighted by Crippen LogP contribution is -2.04. The van der Waals surface area contributed by atoms with Crippen LogP contribution in [0.5, 0.6) is 0 Å². The van der Waals surface area contributed by atoms with Gasteiger partial charge in [-0.3, -0.25) is 0 Å². The topological polar surface area (TPSA) is 13.1 Å². The molecule has 0 spiro atoms. The Morgan fingerprint density at radius 2 is 1.52 bits per heavy atom. The second-order valence-electron chi connectivity index (χ2n) is 5.00. The van der Waals surface area contributed by atoms with Gasteiger partial charge >= 0.3 is 6.18 Å². The van der Waals surface area contributed by atoms with Gasteiger partial charge in [0, 0.05) is 17.2 Å². The molecule has 21 heavy (non-hydrogen) atoms. The van der Waals surface area contributed by atoms with Crippen LogP contribution < -0.4 is 0 Å². The van der Waals surface area contributed by atoms with Crippen LogP contribution in [0.1, 0.15) is 22.6 Å². The van der Waals surface area contributed by atoms with E-state index in [0.717, 1.165) is 40.0 Å². The highest BCUT2D eigenvalue weighted by molar-refractivity contribution is 5.86. The van der Waals surface area contributed by atoms with E-state index in [1.807, 2.05) is 31.2 Å². The fourth-order valence-corrected chi connectivity index (χ4v) is 2.46. The molecule has 3 aromatic rings. The Morgan fingerprint density at radius 3 is 2.14 bits per heavy atom. The van der Waals surface area contributed by atoms with Crippen molar-refractivity contribution in [3.63, 3.8) is 0 Å². The second kappa shape index (κ2) is 4.95. The number of fused-ring (bicyclic) bond motifs is 1. The molecule has 0 N–H and O–H groups in total. The van der Waals surface area contributed by atoms with Gasteiger partial charge in [-0.2, -0.15) is 13.2 Å². The minimum absolute atomic E-state index is 0.479. The van der Waals surface area contributed by atoms with Crippen LogP contribution >= 0.6 is 0 Å². The monoisotopic (exact) mass is 290 g/mol. The van der Waals surface area contributed by atoms with Crippen LogP contribution in [0.25, 0.3) is 10.8 Å². The minimum Gasteiger partial charge on any atom is -0.465 e. The summed E-state index contributed by atoms with van der Waals surface area (Å²) in [5, 5.41) is 2.05. The zero-order valence-corrected chi connectivity index (χ0v) is 11.4. The Hall–Kier alpha value is -2.23. The Labute approximate surface area is 120 Å². The first-order valence-electron chi connectivity index (χ1n) is 6.58. The summed E-state index contributed by atoms with van der Waals surface area (Å²) >= 11 is 0. The van der Waals surface area contributed by atoms with Crippen molar-refractivity contribution in [3.05, 3.63) is 71.2 Å². The van der Waals surface area contributed by atoms with Gasteiger partial charge in [-0.1, -0.05) is 36.4 Å². The van der Waals surface area contributed by atoms with E-state index in [9.17, 15) is 13.2 Å². The maximum atomic E-state index is 12.5. The smallest absolute Gasteiger partial charge is 0.416 e. The highest BCUT2D eigenvalue weighted by Crippen LogP contribution is 2.30. The second-order valence-corrected chi connectivity index (χ2v) is 5.00. The Morgan fingerprint density at radius 1 is 0.905 bits per heavy atom. The van der Waals surface area contributed by atoms with E-state index in [4.69, 9.17) is 4.42 Å². The summed E-state index contributed by atoms with van der Waals surface area (Å²) in [6.07, 6.45) is -3.82. The average molecular weight is 290 g/mol. The predicted octanol–water partition coefficient (Wildman–Crippen LogP) is 5.35. The summed E-state index contributed by atoms with van der Waals surface area (Å²) in [4.78, 5) is 0. The van der Waals surface area contributed by atoms with Gasteiger partial charge in [0.15, 0.2) is 0 Å². The van der Waals surface area contributed by atoms with Crippen LogP contribution in [0.4, 0.5) is 13.2 Å². The molecule has 3 rings (SSSR count). The van der Waals surface area contributed by atoms with Gasteiger partial charge in [0.1, 0.15) is 11.5 Å². The quantitative estimate of drug-likeness (QED) is 0.620. The van der Waals surface area contributed by atoms with Gasteiger partial charge in [0.2, 0.25) is 0 Å². The van der Waals surface area contributed by atoms with Crippen molar-refractivity contribution < 1.29 is 17.6 Å². The minimum atomic E-state index is -4.30. The molecule has 0 fully saturated rings. The predicted molar refractivity (Wildman–Crippen MR) is 75.2 cm³/mol. The maximum absolute atomic E-state index is 12.5. The van der Waals surface area contributed by atoms with E-state index in [0.29, 0.717) is 6.42 Å². The molecule has 0 aliphatic carbocycles. The van der Waals surface area contributed by atoms with Crippen LogP contribution in [-0.4, -0.2) is 0 Å². The van der Waals surface area contributed by atoms with Crippen molar-refractivity contribution in [3.8, 4) is 0 Å². The van der Waals surface area contributed by atoms with Gasteiger partial charge in [0.05, 0.1) is 5.56 Å². The van der Waals surface area contributed by atoms with E-state index in [1.165, 1.54) is 12.1 Å².